The Morgan fingerprint density at radius 3 is 2.06 bits per heavy atom. The summed E-state index contributed by atoms with van der Waals surface area (Å²) in [6.07, 6.45) is 14.0. The molecule has 0 aliphatic heterocycles. The zero-order chi connectivity index (χ0) is 12.2. The summed E-state index contributed by atoms with van der Waals surface area (Å²) < 4.78 is 0. The molecule has 0 aromatic carbocycles. The summed E-state index contributed by atoms with van der Waals surface area (Å²) in [5, 5.41) is 0. The van der Waals surface area contributed by atoms with Crippen molar-refractivity contribution in [3.05, 3.63) is 5.92 Å². The van der Waals surface area contributed by atoms with Crippen LogP contribution in [0.25, 0.3) is 0 Å². The van der Waals surface area contributed by atoms with Crippen molar-refractivity contribution in [1.29, 1.82) is 0 Å². The molecule has 0 saturated carbocycles. The highest BCUT2D eigenvalue weighted by molar-refractivity contribution is 4.89. The lowest BCUT2D eigenvalue weighted by Crippen LogP contribution is -2.03. The van der Waals surface area contributed by atoms with Crippen LogP contribution in [0.4, 0.5) is 0 Å². The lowest BCUT2D eigenvalue weighted by atomic mass is 9.88. The van der Waals surface area contributed by atoms with Crippen LogP contribution in [-0.4, -0.2) is 0 Å². The highest BCUT2D eigenvalue weighted by Crippen LogP contribution is 2.25. The van der Waals surface area contributed by atoms with Crippen molar-refractivity contribution in [2.75, 3.05) is 0 Å². The van der Waals surface area contributed by atoms with Crippen LogP contribution < -0.4 is 0 Å². The Morgan fingerprint density at radius 1 is 0.875 bits per heavy atom. The second kappa shape index (κ2) is 11.5. The van der Waals surface area contributed by atoms with E-state index in [0.29, 0.717) is 0 Å². The van der Waals surface area contributed by atoms with Gasteiger partial charge >= 0.3 is 0 Å². The number of hydrogen-bond donors (Lipinski definition) is 0. The van der Waals surface area contributed by atoms with Gasteiger partial charge in [-0.15, -0.1) is 0 Å². The van der Waals surface area contributed by atoms with Crippen molar-refractivity contribution < 1.29 is 0 Å². The molecule has 0 amide bonds. The molecule has 0 aliphatic rings. The second-order valence-corrected chi connectivity index (χ2v) is 5.34. The number of hydrogen-bond acceptors (Lipinski definition) is 0. The zero-order valence-electron chi connectivity index (χ0n) is 12.1. The minimum Gasteiger partial charge on any atom is -0.0654 e. The van der Waals surface area contributed by atoms with Crippen molar-refractivity contribution >= 4 is 0 Å². The molecule has 0 heteroatoms. The molecule has 0 aromatic rings. The Hall–Kier alpha value is 0. The smallest absolute Gasteiger partial charge is 0.0241 e. The molecule has 97 valence electrons. The van der Waals surface area contributed by atoms with Crippen LogP contribution in [0.15, 0.2) is 0 Å². The van der Waals surface area contributed by atoms with Gasteiger partial charge in [-0.3, -0.25) is 0 Å². The molecule has 1 atom stereocenters. The average Bonchev–Trinajstić information content (AvgIpc) is 2.31. The quantitative estimate of drug-likeness (QED) is 0.369. The standard InChI is InChI=1S/C16H33/c1-5-8-9-10-11-12-13-16(7-3)14-15(4)6-2/h15H,5-14H2,1-4H3. The molecule has 0 nitrogen and oxygen atoms in total. The van der Waals surface area contributed by atoms with Gasteiger partial charge in [0.1, 0.15) is 0 Å². The van der Waals surface area contributed by atoms with Gasteiger partial charge in [-0.2, -0.15) is 0 Å². The molecule has 0 N–H and O–H groups in total. The van der Waals surface area contributed by atoms with Crippen LogP contribution in [0.3, 0.4) is 0 Å². The minimum atomic E-state index is 0.898. The zero-order valence-corrected chi connectivity index (χ0v) is 12.1. The summed E-state index contributed by atoms with van der Waals surface area (Å²) in [5.41, 5.74) is 0. The predicted molar refractivity (Wildman–Crippen MR) is 75.6 cm³/mol. The highest BCUT2D eigenvalue weighted by Gasteiger charge is 2.10. The van der Waals surface area contributed by atoms with Crippen molar-refractivity contribution in [3.8, 4) is 0 Å². The van der Waals surface area contributed by atoms with E-state index in [1.165, 1.54) is 64.2 Å². The van der Waals surface area contributed by atoms with Crippen LogP contribution in [0.5, 0.6) is 0 Å². The molecule has 0 aromatic heterocycles. The molecule has 1 radical (unpaired) electrons. The van der Waals surface area contributed by atoms with Gasteiger partial charge in [0.05, 0.1) is 0 Å². The fourth-order valence-corrected chi connectivity index (χ4v) is 2.22. The van der Waals surface area contributed by atoms with Crippen molar-refractivity contribution in [2.24, 2.45) is 5.92 Å². The van der Waals surface area contributed by atoms with Crippen LogP contribution in [0.1, 0.15) is 91.9 Å². The molecule has 0 bridgehead atoms. The Morgan fingerprint density at radius 2 is 1.50 bits per heavy atom. The molecule has 16 heavy (non-hydrogen) atoms. The molecule has 1 unspecified atom stereocenters. The molecule has 0 spiro atoms. The van der Waals surface area contributed by atoms with Gasteiger partial charge in [-0.25, -0.2) is 0 Å². The maximum Gasteiger partial charge on any atom is -0.0241 e. The Bertz CT molecular complexity index is 128. The van der Waals surface area contributed by atoms with Gasteiger partial charge in [-0.1, -0.05) is 72.6 Å². The third-order valence-electron chi connectivity index (χ3n) is 3.72. The predicted octanol–water partition coefficient (Wildman–Crippen LogP) is 6.16. The summed E-state index contributed by atoms with van der Waals surface area (Å²) in [6.45, 7) is 9.31. The van der Waals surface area contributed by atoms with E-state index in [4.69, 9.17) is 0 Å². The molecule has 0 heterocycles. The van der Waals surface area contributed by atoms with E-state index in [1.54, 1.807) is 0 Å². The number of unbranched alkanes of at least 4 members (excludes halogenated alkanes) is 5. The van der Waals surface area contributed by atoms with Gasteiger partial charge < -0.3 is 0 Å². The minimum absolute atomic E-state index is 0.898. The lowest BCUT2D eigenvalue weighted by molar-refractivity contribution is 0.480. The Labute approximate surface area is 104 Å². The topological polar surface area (TPSA) is 0 Å². The van der Waals surface area contributed by atoms with Crippen molar-refractivity contribution in [1.82, 2.24) is 0 Å². The first-order chi connectivity index (χ1) is 7.74. The third kappa shape index (κ3) is 9.24. The average molecular weight is 225 g/mol. The van der Waals surface area contributed by atoms with E-state index in [1.807, 2.05) is 5.92 Å². The molecule has 0 aliphatic carbocycles. The summed E-state index contributed by atoms with van der Waals surface area (Å²) in [6, 6.07) is 0. The van der Waals surface area contributed by atoms with Crippen LogP contribution in [-0.2, 0) is 0 Å². The van der Waals surface area contributed by atoms with E-state index >= 15 is 0 Å². The van der Waals surface area contributed by atoms with Gasteiger partial charge in [0, 0.05) is 0 Å². The highest BCUT2D eigenvalue weighted by atomic mass is 14.2. The summed E-state index contributed by atoms with van der Waals surface area (Å²) in [5.74, 6) is 2.71. The van der Waals surface area contributed by atoms with E-state index in [2.05, 4.69) is 27.7 Å². The second-order valence-electron chi connectivity index (χ2n) is 5.34. The lowest BCUT2D eigenvalue weighted by Gasteiger charge is -2.18. The molecular formula is C16H33. The first kappa shape index (κ1) is 16.0. The summed E-state index contributed by atoms with van der Waals surface area (Å²) in [7, 11) is 0. The SMILES string of the molecule is CCCCCCCC[C](CC)CC(C)CC. The molecular weight excluding hydrogens is 192 g/mol. The van der Waals surface area contributed by atoms with E-state index in [-0.39, 0.29) is 0 Å². The fourth-order valence-electron chi connectivity index (χ4n) is 2.22. The maximum absolute atomic E-state index is 2.39. The van der Waals surface area contributed by atoms with E-state index in [9.17, 15) is 0 Å². The summed E-state index contributed by atoms with van der Waals surface area (Å²) >= 11 is 0. The van der Waals surface area contributed by atoms with E-state index in [0.717, 1.165) is 5.92 Å². The Balaban J connectivity index is 3.40. The maximum atomic E-state index is 2.39. The summed E-state index contributed by atoms with van der Waals surface area (Å²) in [4.78, 5) is 0. The molecule has 0 fully saturated rings. The first-order valence-electron chi connectivity index (χ1n) is 7.58. The molecule has 0 saturated heterocycles. The van der Waals surface area contributed by atoms with Gasteiger partial charge in [-0.05, 0) is 31.1 Å². The third-order valence-corrected chi connectivity index (χ3v) is 3.72. The van der Waals surface area contributed by atoms with E-state index < -0.39 is 0 Å². The van der Waals surface area contributed by atoms with Crippen molar-refractivity contribution in [3.63, 3.8) is 0 Å². The van der Waals surface area contributed by atoms with Crippen LogP contribution in [0, 0.1) is 11.8 Å². The number of rotatable bonds is 11. The fraction of sp³-hybridized carbons (Fsp3) is 0.938. The normalized spacial score (nSPS) is 13.3. The largest absolute Gasteiger partial charge is 0.0654 e. The first-order valence-corrected chi connectivity index (χ1v) is 7.58. The Kier molecular flexibility index (Phi) is 11.5. The molecule has 0 rings (SSSR count). The van der Waals surface area contributed by atoms with Gasteiger partial charge in [0.15, 0.2) is 0 Å². The van der Waals surface area contributed by atoms with Crippen LogP contribution in [0.2, 0.25) is 0 Å². The van der Waals surface area contributed by atoms with Gasteiger partial charge in [0.25, 0.3) is 0 Å². The van der Waals surface area contributed by atoms with Gasteiger partial charge in [0.2, 0.25) is 0 Å². The van der Waals surface area contributed by atoms with Crippen LogP contribution >= 0.6 is 0 Å². The van der Waals surface area contributed by atoms with Crippen molar-refractivity contribution in [2.45, 2.75) is 91.9 Å². The monoisotopic (exact) mass is 225 g/mol.